The van der Waals surface area contributed by atoms with Gasteiger partial charge < -0.3 is 5.32 Å². The molecule has 2 aromatic rings. The summed E-state index contributed by atoms with van der Waals surface area (Å²) in [5.74, 6) is 0.0179. The van der Waals surface area contributed by atoms with Crippen molar-refractivity contribution in [1.82, 2.24) is 0 Å². The number of nitrogens with one attached hydrogen (secondary N) is 1. The molecule has 0 bridgehead atoms. The van der Waals surface area contributed by atoms with E-state index in [1.165, 1.54) is 15.3 Å². The number of hydrogen-bond acceptors (Lipinski definition) is 2. The van der Waals surface area contributed by atoms with Gasteiger partial charge in [-0.1, -0.05) is 18.2 Å². The molecule has 0 spiro atoms. The number of para-hydroxylation sites is 1. The SMILES string of the molecule is Cc1cc2c(s1)Cc1ccccc1NC2=O. The molecule has 3 heteroatoms. The van der Waals surface area contributed by atoms with E-state index >= 15 is 0 Å². The minimum atomic E-state index is 0.0179. The highest BCUT2D eigenvalue weighted by atomic mass is 32.1. The molecule has 0 fully saturated rings. The van der Waals surface area contributed by atoms with E-state index in [-0.39, 0.29) is 5.91 Å². The fourth-order valence-electron chi connectivity index (χ4n) is 2.05. The second-order valence-corrected chi connectivity index (χ2v) is 5.32. The van der Waals surface area contributed by atoms with E-state index in [0.29, 0.717) is 0 Å². The highest BCUT2D eigenvalue weighted by Gasteiger charge is 2.20. The van der Waals surface area contributed by atoms with Gasteiger partial charge >= 0.3 is 0 Å². The van der Waals surface area contributed by atoms with Crippen LogP contribution in [-0.4, -0.2) is 5.91 Å². The van der Waals surface area contributed by atoms with Gasteiger partial charge in [-0.3, -0.25) is 4.79 Å². The smallest absolute Gasteiger partial charge is 0.256 e. The molecule has 2 nitrogen and oxygen atoms in total. The third-order valence-electron chi connectivity index (χ3n) is 2.79. The fourth-order valence-corrected chi connectivity index (χ4v) is 3.10. The van der Waals surface area contributed by atoms with E-state index < -0.39 is 0 Å². The average molecular weight is 229 g/mol. The molecular formula is C13H11NOS. The summed E-state index contributed by atoms with van der Waals surface area (Å²) < 4.78 is 0. The highest BCUT2D eigenvalue weighted by molar-refractivity contribution is 7.12. The van der Waals surface area contributed by atoms with Gasteiger partial charge in [0.25, 0.3) is 5.91 Å². The molecule has 0 radical (unpaired) electrons. The Hall–Kier alpha value is -1.61. The Bertz CT molecular complexity index is 571. The summed E-state index contributed by atoms with van der Waals surface area (Å²) in [6.45, 7) is 2.04. The molecule has 0 unspecified atom stereocenters. The first-order valence-corrected chi connectivity index (χ1v) is 6.04. The van der Waals surface area contributed by atoms with Gasteiger partial charge in [-0.25, -0.2) is 0 Å². The summed E-state index contributed by atoms with van der Waals surface area (Å²) in [4.78, 5) is 14.3. The van der Waals surface area contributed by atoms with Gasteiger partial charge in [-0.05, 0) is 24.6 Å². The van der Waals surface area contributed by atoms with Crippen LogP contribution in [0.15, 0.2) is 30.3 Å². The van der Waals surface area contributed by atoms with E-state index in [9.17, 15) is 4.79 Å². The van der Waals surface area contributed by atoms with E-state index in [1.54, 1.807) is 11.3 Å². The van der Waals surface area contributed by atoms with Gasteiger partial charge in [-0.2, -0.15) is 0 Å². The van der Waals surface area contributed by atoms with Crippen LogP contribution in [0.1, 0.15) is 25.7 Å². The number of carbonyl (C=O) groups excluding carboxylic acids is 1. The molecule has 1 aliphatic heterocycles. The summed E-state index contributed by atoms with van der Waals surface area (Å²) in [7, 11) is 0. The lowest BCUT2D eigenvalue weighted by molar-refractivity contribution is 0.102. The molecule has 0 saturated carbocycles. The molecule has 3 rings (SSSR count). The van der Waals surface area contributed by atoms with Gasteiger partial charge in [0.05, 0.1) is 5.56 Å². The van der Waals surface area contributed by atoms with Crippen LogP contribution in [0, 0.1) is 6.92 Å². The number of aryl methyl sites for hydroxylation is 1. The second kappa shape index (κ2) is 3.46. The third kappa shape index (κ3) is 1.44. The van der Waals surface area contributed by atoms with Crippen molar-refractivity contribution in [2.24, 2.45) is 0 Å². The van der Waals surface area contributed by atoms with Crippen molar-refractivity contribution in [3.05, 3.63) is 51.2 Å². The maximum Gasteiger partial charge on any atom is 0.256 e. The zero-order valence-corrected chi connectivity index (χ0v) is 9.73. The average Bonchev–Trinajstić information content (AvgIpc) is 2.57. The van der Waals surface area contributed by atoms with Crippen molar-refractivity contribution in [2.75, 3.05) is 5.32 Å². The lowest BCUT2D eigenvalue weighted by Crippen LogP contribution is -2.10. The number of fused-ring (bicyclic) bond motifs is 2. The topological polar surface area (TPSA) is 29.1 Å². The van der Waals surface area contributed by atoms with E-state index in [0.717, 1.165) is 17.7 Å². The predicted octanol–water partition coefficient (Wildman–Crippen LogP) is 3.21. The summed E-state index contributed by atoms with van der Waals surface area (Å²) >= 11 is 1.71. The maximum atomic E-state index is 12.0. The quantitative estimate of drug-likeness (QED) is 0.738. The zero-order valence-electron chi connectivity index (χ0n) is 8.91. The third-order valence-corrected chi connectivity index (χ3v) is 3.84. The first-order valence-electron chi connectivity index (χ1n) is 5.22. The number of amides is 1. The largest absolute Gasteiger partial charge is 0.322 e. The van der Waals surface area contributed by atoms with Crippen LogP contribution < -0.4 is 5.32 Å². The van der Waals surface area contributed by atoms with Crippen LogP contribution in [0.2, 0.25) is 0 Å². The van der Waals surface area contributed by atoms with Crippen LogP contribution in [0.4, 0.5) is 5.69 Å². The molecule has 1 aromatic heterocycles. The molecule has 1 aromatic carbocycles. The molecule has 0 saturated heterocycles. The van der Waals surface area contributed by atoms with Crippen LogP contribution in [0.3, 0.4) is 0 Å². The lowest BCUT2D eigenvalue weighted by atomic mass is 10.1. The summed E-state index contributed by atoms with van der Waals surface area (Å²) in [6.07, 6.45) is 0.850. The van der Waals surface area contributed by atoms with Crippen LogP contribution in [0.5, 0.6) is 0 Å². The Morgan fingerprint density at radius 3 is 3.00 bits per heavy atom. The zero-order chi connectivity index (χ0) is 11.1. The van der Waals surface area contributed by atoms with Crippen molar-refractivity contribution >= 4 is 22.9 Å². The number of carbonyl (C=O) groups is 1. The number of rotatable bonds is 0. The van der Waals surface area contributed by atoms with E-state index in [2.05, 4.69) is 11.4 Å². The number of hydrogen-bond donors (Lipinski definition) is 1. The molecule has 0 atom stereocenters. The van der Waals surface area contributed by atoms with Gasteiger partial charge in [0.2, 0.25) is 0 Å². The maximum absolute atomic E-state index is 12.0. The molecule has 2 heterocycles. The minimum Gasteiger partial charge on any atom is -0.322 e. The Labute approximate surface area is 97.9 Å². The standard InChI is InChI=1S/C13H11NOS/c1-8-6-10-12(16-8)7-9-4-2-3-5-11(9)14-13(10)15/h2-6H,7H2,1H3,(H,14,15). The number of anilines is 1. The Morgan fingerprint density at radius 1 is 1.31 bits per heavy atom. The Kier molecular flexibility index (Phi) is 2.07. The van der Waals surface area contributed by atoms with Crippen molar-refractivity contribution in [3.8, 4) is 0 Å². The van der Waals surface area contributed by atoms with Crippen LogP contribution in [0.25, 0.3) is 0 Å². The van der Waals surface area contributed by atoms with Crippen molar-refractivity contribution in [3.63, 3.8) is 0 Å². The molecule has 1 aliphatic rings. The van der Waals surface area contributed by atoms with Gasteiger partial charge in [0.15, 0.2) is 0 Å². The van der Waals surface area contributed by atoms with Crippen molar-refractivity contribution < 1.29 is 4.79 Å². The number of thiophene rings is 1. The van der Waals surface area contributed by atoms with Crippen LogP contribution >= 0.6 is 11.3 Å². The number of benzene rings is 1. The summed E-state index contributed by atoms with van der Waals surface area (Å²) in [6, 6.07) is 9.96. The molecule has 1 amide bonds. The van der Waals surface area contributed by atoms with Gasteiger partial charge in [0.1, 0.15) is 0 Å². The van der Waals surface area contributed by atoms with Crippen molar-refractivity contribution in [2.45, 2.75) is 13.3 Å². The lowest BCUT2D eigenvalue weighted by Gasteiger charge is -2.04. The molecule has 80 valence electrons. The normalized spacial score (nSPS) is 13.7. The Balaban J connectivity index is 2.17. The minimum absolute atomic E-state index is 0.0179. The first kappa shape index (κ1) is 9.60. The van der Waals surface area contributed by atoms with Gasteiger partial charge in [0, 0.05) is 21.9 Å². The first-order chi connectivity index (χ1) is 7.74. The molecule has 16 heavy (non-hydrogen) atoms. The second-order valence-electron chi connectivity index (χ2n) is 3.98. The predicted molar refractivity (Wildman–Crippen MR) is 66.3 cm³/mol. The van der Waals surface area contributed by atoms with Crippen LogP contribution in [-0.2, 0) is 6.42 Å². The molecular weight excluding hydrogens is 218 g/mol. The highest BCUT2D eigenvalue weighted by Crippen LogP contribution is 2.31. The van der Waals surface area contributed by atoms with Crippen molar-refractivity contribution in [1.29, 1.82) is 0 Å². The van der Waals surface area contributed by atoms with Gasteiger partial charge in [-0.15, -0.1) is 11.3 Å². The summed E-state index contributed by atoms with van der Waals surface area (Å²) in [5, 5.41) is 2.96. The van der Waals surface area contributed by atoms with E-state index in [4.69, 9.17) is 0 Å². The molecule has 0 aliphatic carbocycles. The fraction of sp³-hybridized carbons (Fsp3) is 0.154. The molecule has 1 N–H and O–H groups in total. The summed E-state index contributed by atoms with van der Waals surface area (Å²) in [5.41, 5.74) is 2.96. The van der Waals surface area contributed by atoms with E-state index in [1.807, 2.05) is 31.2 Å². The Morgan fingerprint density at radius 2 is 2.12 bits per heavy atom. The monoisotopic (exact) mass is 229 g/mol.